The zero-order valence-corrected chi connectivity index (χ0v) is 12.0. The Morgan fingerprint density at radius 3 is 2.40 bits per heavy atom. The summed E-state index contributed by atoms with van der Waals surface area (Å²) in [4.78, 5) is 0. The number of aromatic nitrogens is 3. The quantitative estimate of drug-likeness (QED) is 0.652. The minimum atomic E-state index is 1.11. The number of nitrogens with zero attached hydrogens (tertiary/aromatic N) is 3. The number of rotatable bonds is 2. The van der Waals surface area contributed by atoms with Gasteiger partial charge in [-0.1, -0.05) is 18.2 Å². The average Bonchev–Trinajstić information content (AvgIpc) is 2.86. The van der Waals surface area contributed by atoms with Gasteiger partial charge in [0.1, 0.15) is 12.7 Å². The fraction of sp³-hybridized carbons (Fsp3) is 0.176. The maximum Gasteiger partial charge on any atom is 0.231 e. The highest BCUT2D eigenvalue weighted by atomic mass is 15.3. The minimum absolute atomic E-state index is 1.11. The van der Waals surface area contributed by atoms with E-state index in [1.54, 1.807) is 0 Å². The van der Waals surface area contributed by atoms with Crippen LogP contribution < -0.4 is 4.57 Å². The summed E-state index contributed by atoms with van der Waals surface area (Å²) in [5.74, 6) is 0. The molecule has 1 aromatic carbocycles. The van der Waals surface area contributed by atoms with Crippen molar-refractivity contribution >= 4 is 0 Å². The molecule has 0 radical (unpaired) electrons. The Kier molecular flexibility index (Phi) is 3.11. The van der Waals surface area contributed by atoms with E-state index in [9.17, 15) is 0 Å². The average molecular weight is 264 g/mol. The van der Waals surface area contributed by atoms with Gasteiger partial charge in [-0.3, -0.25) is 4.68 Å². The van der Waals surface area contributed by atoms with Crippen LogP contribution in [0.4, 0.5) is 0 Å². The number of benzene rings is 1. The second kappa shape index (κ2) is 4.93. The Morgan fingerprint density at radius 1 is 0.950 bits per heavy atom. The molecular weight excluding hydrogens is 246 g/mol. The van der Waals surface area contributed by atoms with E-state index in [-0.39, 0.29) is 0 Å². The van der Waals surface area contributed by atoms with Crippen molar-refractivity contribution in [3.05, 3.63) is 60.3 Å². The van der Waals surface area contributed by atoms with Gasteiger partial charge in [0.2, 0.25) is 11.4 Å². The topological polar surface area (TPSA) is 21.7 Å². The van der Waals surface area contributed by atoms with Gasteiger partial charge in [0.05, 0.1) is 0 Å². The lowest BCUT2D eigenvalue weighted by Crippen LogP contribution is -2.34. The van der Waals surface area contributed by atoms with E-state index in [1.807, 2.05) is 24.0 Å². The summed E-state index contributed by atoms with van der Waals surface area (Å²) in [5, 5.41) is 4.26. The molecule has 0 aliphatic heterocycles. The molecule has 20 heavy (non-hydrogen) atoms. The standard InChI is InChI=1S/C17H18N3/c1-13-7-4-5-8-14(13)15-9-6-10-16(19(15)2)17-11-12-18-20(17)3/h4-12H,1-3H3/q+1. The van der Waals surface area contributed by atoms with Crippen LogP contribution in [0, 0.1) is 6.92 Å². The zero-order valence-electron chi connectivity index (χ0n) is 12.0. The SMILES string of the molecule is Cc1ccccc1-c1cccc(-c2ccnn2C)[n+]1C. The normalized spacial score (nSPS) is 10.8. The van der Waals surface area contributed by atoms with Crippen LogP contribution in [0.5, 0.6) is 0 Å². The summed E-state index contributed by atoms with van der Waals surface area (Å²) < 4.78 is 4.12. The van der Waals surface area contributed by atoms with E-state index < -0.39 is 0 Å². The van der Waals surface area contributed by atoms with Gasteiger partial charge in [-0.15, -0.1) is 0 Å². The molecule has 0 saturated heterocycles. The van der Waals surface area contributed by atoms with Crippen LogP contribution in [0.2, 0.25) is 0 Å². The highest BCUT2D eigenvalue weighted by molar-refractivity contribution is 5.62. The van der Waals surface area contributed by atoms with Crippen molar-refractivity contribution in [3.8, 4) is 22.6 Å². The third-order valence-electron chi connectivity index (χ3n) is 3.74. The molecule has 0 spiro atoms. The first-order valence-electron chi connectivity index (χ1n) is 6.72. The second-order valence-corrected chi connectivity index (χ2v) is 5.01. The lowest BCUT2D eigenvalue weighted by atomic mass is 10.0. The number of pyridine rings is 1. The molecule has 0 atom stereocenters. The van der Waals surface area contributed by atoms with Crippen LogP contribution in [-0.4, -0.2) is 9.78 Å². The number of hydrogen-bond acceptors (Lipinski definition) is 1. The lowest BCUT2D eigenvalue weighted by molar-refractivity contribution is -0.649. The molecular formula is C17H18N3+. The fourth-order valence-electron chi connectivity index (χ4n) is 2.60. The molecule has 3 heteroatoms. The molecule has 2 heterocycles. The van der Waals surface area contributed by atoms with Crippen molar-refractivity contribution in [1.82, 2.24) is 9.78 Å². The monoisotopic (exact) mass is 264 g/mol. The molecule has 0 N–H and O–H groups in total. The Hall–Kier alpha value is -2.42. The molecule has 100 valence electrons. The molecule has 0 saturated carbocycles. The second-order valence-electron chi connectivity index (χ2n) is 5.01. The van der Waals surface area contributed by atoms with E-state index in [0.717, 1.165) is 11.4 Å². The third-order valence-corrected chi connectivity index (χ3v) is 3.74. The smallest absolute Gasteiger partial charge is 0.231 e. The van der Waals surface area contributed by atoms with Crippen LogP contribution in [-0.2, 0) is 14.1 Å². The van der Waals surface area contributed by atoms with Crippen molar-refractivity contribution in [3.63, 3.8) is 0 Å². The van der Waals surface area contributed by atoms with E-state index in [4.69, 9.17) is 0 Å². The maximum atomic E-state index is 4.26. The van der Waals surface area contributed by atoms with Gasteiger partial charge in [0.15, 0.2) is 0 Å². The molecule has 3 rings (SSSR count). The highest BCUT2D eigenvalue weighted by Crippen LogP contribution is 2.22. The first-order chi connectivity index (χ1) is 9.68. The molecule has 2 aromatic heterocycles. The number of aryl methyl sites for hydroxylation is 2. The van der Waals surface area contributed by atoms with Crippen molar-refractivity contribution in [2.24, 2.45) is 14.1 Å². The predicted molar refractivity (Wildman–Crippen MR) is 80.0 cm³/mol. The molecule has 0 unspecified atom stereocenters. The van der Waals surface area contributed by atoms with Gasteiger partial charge in [-0.25, -0.2) is 0 Å². The molecule has 3 nitrogen and oxygen atoms in total. The molecule has 0 aliphatic carbocycles. The van der Waals surface area contributed by atoms with Crippen molar-refractivity contribution in [1.29, 1.82) is 0 Å². The van der Waals surface area contributed by atoms with Crippen LogP contribution >= 0.6 is 0 Å². The Bertz CT molecular complexity index is 756. The van der Waals surface area contributed by atoms with Crippen LogP contribution in [0.25, 0.3) is 22.6 Å². The summed E-state index contributed by atoms with van der Waals surface area (Å²) in [6.07, 6.45) is 1.83. The summed E-state index contributed by atoms with van der Waals surface area (Å²) in [6.45, 7) is 2.14. The van der Waals surface area contributed by atoms with Crippen molar-refractivity contribution in [2.75, 3.05) is 0 Å². The van der Waals surface area contributed by atoms with Crippen molar-refractivity contribution < 1.29 is 4.57 Å². The summed E-state index contributed by atoms with van der Waals surface area (Å²) in [6, 6.07) is 16.9. The molecule has 0 amide bonds. The Labute approximate surface area is 119 Å². The number of hydrogen-bond donors (Lipinski definition) is 0. The van der Waals surface area contributed by atoms with E-state index in [2.05, 4.69) is 66.1 Å². The van der Waals surface area contributed by atoms with Gasteiger partial charge < -0.3 is 0 Å². The van der Waals surface area contributed by atoms with Gasteiger partial charge in [0, 0.05) is 30.9 Å². The first kappa shape index (κ1) is 12.6. The van der Waals surface area contributed by atoms with Crippen molar-refractivity contribution in [2.45, 2.75) is 6.92 Å². The molecule has 0 fully saturated rings. The third kappa shape index (κ3) is 2.01. The van der Waals surface area contributed by atoms with E-state index in [1.165, 1.54) is 16.8 Å². The molecule has 0 bridgehead atoms. The van der Waals surface area contributed by atoms with Crippen LogP contribution in [0.15, 0.2) is 54.7 Å². The minimum Gasteiger partial charge on any atom is -0.262 e. The lowest BCUT2D eigenvalue weighted by Gasteiger charge is -2.07. The zero-order chi connectivity index (χ0) is 14.1. The Morgan fingerprint density at radius 2 is 1.70 bits per heavy atom. The molecule has 3 aromatic rings. The first-order valence-corrected chi connectivity index (χ1v) is 6.72. The highest BCUT2D eigenvalue weighted by Gasteiger charge is 2.18. The summed E-state index contributed by atoms with van der Waals surface area (Å²) in [7, 11) is 4.07. The van der Waals surface area contributed by atoms with Gasteiger partial charge in [-0.05, 0) is 30.7 Å². The van der Waals surface area contributed by atoms with Crippen LogP contribution in [0.1, 0.15) is 5.56 Å². The fourth-order valence-corrected chi connectivity index (χ4v) is 2.60. The summed E-state index contributed by atoms with van der Waals surface area (Å²) >= 11 is 0. The maximum absolute atomic E-state index is 4.26. The van der Waals surface area contributed by atoms with Gasteiger partial charge >= 0.3 is 0 Å². The van der Waals surface area contributed by atoms with E-state index >= 15 is 0 Å². The largest absolute Gasteiger partial charge is 0.262 e. The van der Waals surface area contributed by atoms with Gasteiger partial charge in [-0.2, -0.15) is 9.67 Å². The molecule has 0 aliphatic rings. The van der Waals surface area contributed by atoms with E-state index in [0.29, 0.717) is 0 Å². The predicted octanol–water partition coefficient (Wildman–Crippen LogP) is 2.89. The Balaban J connectivity index is 2.21. The van der Waals surface area contributed by atoms with Crippen LogP contribution in [0.3, 0.4) is 0 Å². The summed E-state index contributed by atoms with van der Waals surface area (Å²) in [5.41, 5.74) is 6.03. The van der Waals surface area contributed by atoms with Gasteiger partial charge in [0.25, 0.3) is 0 Å².